The first-order valence-corrected chi connectivity index (χ1v) is 6.74. The van der Waals surface area contributed by atoms with E-state index in [0.29, 0.717) is 0 Å². The minimum atomic E-state index is -1.32. The molecule has 21 heavy (non-hydrogen) atoms. The smallest absolute Gasteiger partial charge is 0.410 e. The van der Waals surface area contributed by atoms with E-state index in [0.717, 1.165) is 0 Å². The summed E-state index contributed by atoms with van der Waals surface area (Å²) in [6.45, 7) is 7.85. The monoisotopic (exact) mass is 301 g/mol. The molecule has 0 spiro atoms. The molecule has 1 heterocycles. The summed E-state index contributed by atoms with van der Waals surface area (Å²) >= 11 is 0. The third-order valence-electron chi connectivity index (χ3n) is 3.54. The van der Waals surface area contributed by atoms with Gasteiger partial charge < -0.3 is 19.8 Å². The second kappa shape index (κ2) is 5.20. The van der Waals surface area contributed by atoms with Gasteiger partial charge in [0.1, 0.15) is 5.60 Å². The number of hydrogen-bond donors (Lipinski definition) is 2. The fraction of sp³-hybridized carbons (Fsp3) is 0.786. The molecule has 1 saturated heterocycles. The second-order valence-corrected chi connectivity index (χ2v) is 7.24. The summed E-state index contributed by atoms with van der Waals surface area (Å²) in [5, 5.41) is 18.7. The fourth-order valence-corrected chi connectivity index (χ4v) is 2.61. The van der Waals surface area contributed by atoms with E-state index in [-0.39, 0.29) is 19.5 Å². The number of aliphatic carboxylic acids is 2. The second-order valence-electron chi connectivity index (χ2n) is 7.24. The zero-order valence-corrected chi connectivity index (χ0v) is 13.1. The van der Waals surface area contributed by atoms with Crippen LogP contribution in [0.4, 0.5) is 4.79 Å². The van der Waals surface area contributed by atoms with E-state index < -0.39 is 34.5 Å². The molecule has 2 atom stereocenters. The number of carboxylic acid groups (broad SMARTS) is 2. The topological polar surface area (TPSA) is 104 Å². The molecule has 1 fully saturated rings. The molecule has 0 radical (unpaired) electrons. The highest BCUT2D eigenvalue weighted by atomic mass is 16.6. The van der Waals surface area contributed by atoms with Gasteiger partial charge in [-0.15, -0.1) is 0 Å². The number of carbonyl (C=O) groups excluding carboxylic acids is 1. The molecule has 0 saturated carbocycles. The first-order valence-electron chi connectivity index (χ1n) is 6.74. The van der Waals surface area contributed by atoms with Crippen molar-refractivity contribution in [3.8, 4) is 0 Å². The number of carbonyl (C=O) groups is 3. The molecule has 2 N–H and O–H groups in total. The summed E-state index contributed by atoms with van der Waals surface area (Å²) in [6, 6.07) is 0. The van der Waals surface area contributed by atoms with Gasteiger partial charge in [-0.3, -0.25) is 9.59 Å². The van der Waals surface area contributed by atoms with E-state index in [4.69, 9.17) is 4.74 Å². The van der Waals surface area contributed by atoms with Gasteiger partial charge in [-0.25, -0.2) is 4.79 Å². The molecule has 7 nitrogen and oxygen atoms in total. The summed E-state index contributed by atoms with van der Waals surface area (Å²) in [7, 11) is 0. The van der Waals surface area contributed by atoms with Crippen molar-refractivity contribution in [2.45, 2.75) is 46.6 Å². The van der Waals surface area contributed by atoms with Gasteiger partial charge in [-0.1, -0.05) is 0 Å². The Morgan fingerprint density at radius 3 is 1.67 bits per heavy atom. The number of ether oxygens (including phenoxy) is 1. The van der Waals surface area contributed by atoms with Crippen molar-refractivity contribution in [1.29, 1.82) is 0 Å². The van der Waals surface area contributed by atoms with Gasteiger partial charge in [0.05, 0.1) is 10.8 Å². The lowest BCUT2D eigenvalue weighted by atomic mass is 9.69. The molecule has 1 amide bonds. The molecule has 1 rings (SSSR count). The maximum absolute atomic E-state index is 12.2. The quantitative estimate of drug-likeness (QED) is 0.806. The van der Waals surface area contributed by atoms with E-state index in [1.807, 2.05) is 0 Å². The van der Waals surface area contributed by atoms with Gasteiger partial charge in [0.2, 0.25) is 0 Å². The zero-order chi connectivity index (χ0) is 16.6. The summed E-state index contributed by atoms with van der Waals surface area (Å²) < 4.78 is 5.22. The molecule has 1 aliphatic heterocycles. The van der Waals surface area contributed by atoms with Crippen LogP contribution in [-0.4, -0.2) is 51.8 Å². The fourth-order valence-electron chi connectivity index (χ4n) is 2.61. The van der Waals surface area contributed by atoms with Crippen molar-refractivity contribution in [2.75, 3.05) is 13.1 Å². The van der Waals surface area contributed by atoms with E-state index in [2.05, 4.69) is 0 Å². The van der Waals surface area contributed by atoms with Crippen LogP contribution in [0.1, 0.15) is 41.0 Å². The number of nitrogens with zero attached hydrogens (tertiary/aromatic N) is 1. The highest BCUT2D eigenvalue weighted by Gasteiger charge is 2.52. The highest BCUT2D eigenvalue weighted by molar-refractivity contribution is 5.81. The van der Waals surface area contributed by atoms with Crippen LogP contribution in [0.3, 0.4) is 0 Å². The molecule has 1 aliphatic rings. The molecule has 0 aromatic carbocycles. The summed E-state index contributed by atoms with van der Waals surface area (Å²) in [4.78, 5) is 36.3. The van der Waals surface area contributed by atoms with Crippen LogP contribution in [0.15, 0.2) is 0 Å². The molecular formula is C14H23NO6. The van der Waals surface area contributed by atoms with Crippen molar-refractivity contribution >= 4 is 18.0 Å². The Balaban J connectivity index is 3.08. The molecule has 0 unspecified atom stereocenters. The Bertz CT molecular complexity index is 441. The first-order chi connectivity index (χ1) is 9.29. The number of piperidine rings is 1. The minimum Gasteiger partial charge on any atom is -0.481 e. The lowest BCUT2D eigenvalue weighted by Crippen LogP contribution is -2.58. The number of carboxylic acids is 2. The Kier molecular flexibility index (Phi) is 4.27. The van der Waals surface area contributed by atoms with Crippen LogP contribution in [-0.2, 0) is 14.3 Å². The zero-order valence-electron chi connectivity index (χ0n) is 13.1. The number of rotatable bonds is 2. The number of hydrogen-bond acceptors (Lipinski definition) is 4. The number of amides is 1. The van der Waals surface area contributed by atoms with Crippen molar-refractivity contribution < 1.29 is 29.3 Å². The van der Waals surface area contributed by atoms with Crippen LogP contribution in [0, 0.1) is 10.8 Å². The van der Waals surface area contributed by atoms with Crippen molar-refractivity contribution in [2.24, 2.45) is 10.8 Å². The van der Waals surface area contributed by atoms with Crippen LogP contribution >= 0.6 is 0 Å². The van der Waals surface area contributed by atoms with Crippen molar-refractivity contribution in [1.82, 2.24) is 4.90 Å². The Labute approximate surface area is 123 Å². The van der Waals surface area contributed by atoms with Gasteiger partial charge in [-0.05, 0) is 41.0 Å². The van der Waals surface area contributed by atoms with Gasteiger partial charge in [0, 0.05) is 13.1 Å². The first kappa shape index (κ1) is 17.3. The molecule has 0 aromatic heterocycles. The van der Waals surface area contributed by atoms with Gasteiger partial charge >= 0.3 is 18.0 Å². The number of likely N-dealkylation sites (tertiary alicyclic amines) is 1. The molecular weight excluding hydrogens is 278 g/mol. The van der Waals surface area contributed by atoms with Gasteiger partial charge in [0.25, 0.3) is 0 Å². The summed E-state index contributed by atoms with van der Waals surface area (Å²) in [5.74, 6) is -2.24. The maximum atomic E-state index is 12.2. The van der Waals surface area contributed by atoms with Crippen molar-refractivity contribution in [3.63, 3.8) is 0 Å². The lowest BCUT2D eigenvalue weighted by Gasteiger charge is -2.45. The minimum absolute atomic E-state index is 0.0377. The van der Waals surface area contributed by atoms with E-state index >= 15 is 0 Å². The standard InChI is InChI=1S/C14H23NO6/c1-12(2,3)21-11(20)15-7-13(4,9(16)17)6-14(5,8-15)10(18)19/h6-8H2,1-5H3,(H,16,17)(H,18,19)/t13-,14-/m1/s1. The van der Waals surface area contributed by atoms with Crippen molar-refractivity contribution in [3.05, 3.63) is 0 Å². The van der Waals surface area contributed by atoms with Gasteiger partial charge in [-0.2, -0.15) is 0 Å². The maximum Gasteiger partial charge on any atom is 0.410 e. The van der Waals surface area contributed by atoms with Gasteiger partial charge in [0.15, 0.2) is 0 Å². The SMILES string of the molecule is CC(C)(C)OC(=O)N1C[C@](C)(C(=O)O)C[C@@](C)(C(=O)O)C1. The summed E-state index contributed by atoms with van der Waals surface area (Å²) in [5.41, 5.74) is -3.36. The lowest BCUT2D eigenvalue weighted by molar-refractivity contribution is -0.163. The van der Waals surface area contributed by atoms with E-state index in [1.165, 1.54) is 18.7 Å². The predicted octanol–water partition coefficient (Wildman–Crippen LogP) is 1.81. The molecule has 0 bridgehead atoms. The molecule has 0 aliphatic carbocycles. The Hall–Kier alpha value is -1.79. The average Bonchev–Trinajstić information content (AvgIpc) is 2.25. The molecule has 7 heteroatoms. The Morgan fingerprint density at radius 1 is 1.00 bits per heavy atom. The third-order valence-corrected chi connectivity index (χ3v) is 3.54. The third kappa shape index (κ3) is 3.86. The largest absolute Gasteiger partial charge is 0.481 e. The van der Waals surface area contributed by atoms with E-state index in [9.17, 15) is 24.6 Å². The average molecular weight is 301 g/mol. The van der Waals surface area contributed by atoms with Crippen LogP contribution in [0.25, 0.3) is 0 Å². The molecule has 0 aromatic rings. The normalized spacial score (nSPS) is 29.9. The molecule has 120 valence electrons. The predicted molar refractivity (Wildman–Crippen MR) is 73.9 cm³/mol. The van der Waals surface area contributed by atoms with E-state index in [1.54, 1.807) is 20.8 Å². The van der Waals surface area contributed by atoms with Crippen LogP contribution in [0.2, 0.25) is 0 Å². The summed E-state index contributed by atoms with van der Waals surface area (Å²) in [6.07, 6.45) is -0.730. The van der Waals surface area contributed by atoms with Crippen LogP contribution < -0.4 is 0 Å². The van der Waals surface area contributed by atoms with Crippen LogP contribution in [0.5, 0.6) is 0 Å². The highest BCUT2D eigenvalue weighted by Crippen LogP contribution is 2.41. The Morgan fingerprint density at radius 2 is 1.38 bits per heavy atom.